The molecule has 0 radical (unpaired) electrons. The predicted molar refractivity (Wildman–Crippen MR) is 101 cm³/mol. The standard InChI is InChI=1S/C19H15N3O2S/c20-18(23)16-15-11-4-5-13(22-6-8-25-9-7-22)10-2-1-3-12(14(10)11)17(15)21-19(16)24/h1-5H,6-9H2,(H2,20,23). The Morgan fingerprint density at radius 1 is 1.12 bits per heavy atom. The van der Waals surface area contributed by atoms with Gasteiger partial charge in [-0.15, -0.1) is 0 Å². The molecule has 6 heteroatoms. The maximum Gasteiger partial charge on any atom is 0.283 e. The van der Waals surface area contributed by atoms with Crippen LogP contribution in [0.25, 0.3) is 16.3 Å². The molecule has 1 fully saturated rings. The fourth-order valence-electron chi connectivity index (χ4n) is 4.00. The lowest BCUT2D eigenvalue weighted by atomic mass is 9.99. The van der Waals surface area contributed by atoms with E-state index in [2.05, 4.69) is 22.0 Å². The molecule has 124 valence electrons. The van der Waals surface area contributed by atoms with Crippen LogP contribution in [0.3, 0.4) is 0 Å². The molecule has 0 atom stereocenters. The van der Waals surface area contributed by atoms with Gasteiger partial charge in [0.25, 0.3) is 11.8 Å². The van der Waals surface area contributed by atoms with Crippen molar-refractivity contribution in [1.29, 1.82) is 0 Å². The summed E-state index contributed by atoms with van der Waals surface area (Å²) in [7, 11) is 0. The second-order valence-electron chi connectivity index (χ2n) is 6.34. The molecule has 2 heterocycles. The van der Waals surface area contributed by atoms with Crippen molar-refractivity contribution in [2.45, 2.75) is 0 Å². The number of hydrogen-bond acceptors (Lipinski definition) is 4. The summed E-state index contributed by atoms with van der Waals surface area (Å²) < 4.78 is 0. The second-order valence-corrected chi connectivity index (χ2v) is 7.56. The summed E-state index contributed by atoms with van der Waals surface area (Å²) in [5.41, 5.74) is 9.66. The number of carbonyl (C=O) groups excluding carboxylic acids is 2. The molecule has 5 rings (SSSR count). The van der Waals surface area contributed by atoms with Crippen molar-refractivity contribution in [3.05, 3.63) is 47.0 Å². The van der Waals surface area contributed by atoms with Crippen LogP contribution in [0.5, 0.6) is 0 Å². The highest BCUT2D eigenvalue weighted by atomic mass is 32.2. The Morgan fingerprint density at radius 2 is 1.92 bits per heavy atom. The number of thioether (sulfide) groups is 1. The number of allylic oxidation sites excluding steroid dienone is 1. The third-order valence-corrected chi connectivity index (χ3v) is 6.00. The summed E-state index contributed by atoms with van der Waals surface area (Å²) >= 11 is 1.98. The van der Waals surface area contributed by atoms with Gasteiger partial charge in [-0.2, -0.15) is 11.8 Å². The van der Waals surface area contributed by atoms with Crippen LogP contribution in [-0.2, 0) is 9.59 Å². The van der Waals surface area contributed by atoms with Crippen LogP contribution in [0.1, 0.15) is 11.1 Å². The molecule has 2 amide bonds. The molecule has 2 aromatic carbocycles. The van der Waals surface area contributed by atoms with Crippen molar-refractivity contribution in [2.75, 3.05) is 29.5 Å². The van der Waals surface area contributed by atoms with Crippen molar-refractivity contribution >= 4 is 51.3 Å². The van der Waals surface area contributed by atoms with Gasteiger partial charge in [-0.25, -0.2) is 4.99 Å². The number of anilines is 1. The van der Waals surface area contributed by atoms with Crippen molar-refractivity contribution in [2.24, 2.45) is 10.7 Å². The van der Waals surface area contributed by atoms with Crippen LogP contribution in [-0.4, -0.2) is 42.1 Å². The van der Waals surface area contributed by atoms with Gasteiger partial charge in [0.15, 0.2) is 0 Å². The first-order chi connectivity index (χ1) is 12.2. The highest BCUT2D eigenvalue weighted by Crippen LogP contribution is 2.45. The molecule has 5 nitrogen and oxygen atoms in total. The lowest BCUT2D eigenvalue weighted by molar-refractivity contribution is -0.119. The highest BCUT2D eigenvalue weighted by Gasteiger charge is 2.38. The van der Waals surface area contributed by atoms with E-state index < -0.39 is 11.8 Å². The fraction of sp³-hybridized carbons (Fsp3) is 0.211. The third kappa shape index (κ3) is 1.94. The molecule has 0 bridgehead atoms. The number of nitrogens with two attached hydrogens (primary N) is 1. The van der Waals surface area contributed by atoms with Crippen LogP contribution >= 0.6 is 11.8 Å². The lowest BCUT2D eigenvalue weighted by Gasteiger charge is -2.29. The van der Waals surface area contributed by atoms with E-state index in [4.69, 9.17) is 5.73 Å². The van der Waals surface area contributed by atoms with E-state index in [0.29, 0.717) is 11.3 Å². The van der Waals surface area contributed by atoms with Gasteiger partial charge in [0.05, 0.1) is 5.71 Å². The van der Waals surface area contributed by atoms with Crippen LogP contribution in [0, 0.1) is 0 Å². The second kappa shape index (κ2) is 5.20. The maximum atomic E-state index is 12.1. The SMILES string of the molecule is NC(=O)C1=C2C(=NC1=O)c1cccc3c(N4CCSCC4)ccc2c13. The first kappa shape index (κ1) is 14.7. The van der Waals surface area contributed by atoms with Gasteiger partial charge in [-0.05, 0) is 11.6 Å². The summed E-state index contributed by atoms with van der Waals surface area (Å²) in [6.45, 7) is 2.05. The van der Waals surface area contributed by atoms with Gasteiger partial charge in [-0.1, -0.05) is 24.3 Å². The number of benzene rings is 2. The van der Waals surface area contributed by atoms with E-state index in [1.165, 1.54) is 5.69 Å². The van der Waals surface area contributed by atoms with Crippen molar-refractivity contribution in [3.63, 3.8) is 0 Å². The molecular formula is C19H15N3O2S. The van der Waals surface area contributed by atoms with Gasteiger partial charge in [-0.3, -0.25) is 9.59 Å². The molecule has 3 aliphatic rings. The summed E-state index contributed by atoms with van der Waals surface area (Å²) in [6, 6.07) is 10.1. The Morgan fingerprint density at radius 3 is 2.68 bits per heavy atom. The van der Waals surface area contributed by atoms with Crippen molar-refractivity contribution in [3.8, 4) is 0 Å². The Hall–Kier alpha value is -2.60. The van der Waals surface area contributed by atoms with Gasteiger partial charge in [0, 0.05) is 52.2 Å². The molecule has 2 N–H and O–H groups in total. The van der Waals surface area contributed by atoms with Crippen LogP contribution in [0.2, 0.25) is 0 Å². The Labute approximate surface area is 148 Å². The number of hydrogen-bond donors (Lipinski definition) is 1. The first-order valence-corrected chi connectivity index (χ1v) is 9.39. The molecule has 0 aromatic heterocycles. The first-order valence-electron chi connectivity index (χ1n) is 8.23. The summed E-state index contributed by atoms with van der Waals surface area (Å²) in [6.07, 6.45) is 0. The number of carbonyl (C=O) groups is 2. The van der Waals surface area contributed by atoms with Gasteiger partial charge < -0.3 is 10.6 Å². The molecule has 0 unspecified atom stereocenters. The number of rotatable bonds is 2. The molecule has 0 spiro atoms. The van der Waals surface area contributed by atoms with Crippen LogP contribution < -0.4 is 10.6 Å². The average molecular weight is 349 g/mol. The monoisotopic (exact) mass is 349 g/mol. The van der Waals surface area contributed by atoms with Crippen molar-refractivity contribution < 1.29 is 9.59 Å². The molecule has 25 heavy (non-hydrogen) atoms. The normalized spacial score (nSPS) is 18.8. The van der Waals surface area contributed by atoms with Gasteiger partial charge in [0.1, 0.15) is 5.57 Å². The molecule has 1 saturated heterocycles. The molecule has 0 saturated carbocycles. The van der Waals surface area contributed by atoms with Gasteiger partial charge >= 0.3 is 0 Å². The average Bonchev–Trinajstić information content (AvgIpc) is 3.12. The summed E-state index contributed by atoms with van der Waals surface area (Å²) in [5, 5.41) is 2.21. The van der Waals surface area contributed by atoms with Gasteiger partial charge in [0.2, 0.25) is 0 Å². The third-order valence-electron chi connectivity index (χ3n) is 5.05. The van der Waals surface area contributed by atoms with E-state index in [1.54, 1.807) is 0 Å². The zero-order valence-electron chi connectivity index (χ0n) is 13.4. The fourth-order valence-corrected chi connectivity index (χ4v) is 4.90. The Balaban J connectivity index is 1.79. The van der Waals surface area contributed by atoms with E-state index >= 15 is 0 Å². The minimum Gasteiger partial charge on any atom is -0.369 e. The molecule has 1 aliphatic carbocycles. The summed E-state index contributed by atoms with van der Waals surface area (Å²) in [4.78, 5) is 30.4. The highest BCUT2D eigenvalue weighted by molar-refractivity contribution is 7.99. The zero-order valence-corrected chi connectivity index (χ0v) is 14.2. The van der Waals surface area contributed by atoms with Crippen LogP contribution in [0.4, 0.5) is 5.69 Å². The Kier molecular flexibility index (Phi) is 3.06. The topological polar surface area (TPSA) is 75.8 Å². The lowest BCUT2D eigenvalue weighted by Crippen LogP contribution is -2.32. The number of nitrogens with zero attached hydrogens (tertiary/aromatic N) is 2. The number of amides is 2. The quantitative estimate of drug-likeness (QED) is 0.841. The minimum atomic E-state index is -0.711. The predicted octanol–water partition coefficient (Wildman–Crippen LogP) is 1.97. The smallest absolute Gasteiger partial charge is 0.283 e. The van der Waals surface area contributed by atoms with E-state index in [-0.39, 0.29) is 5.57 Å². The van der Waals surface area contributed by atoms with E-state index in [0.717, 1.165) is 46.5 Å². The van der Waals surface area contributed by atoms with Crippen LogP contribution in [0.15, 0.2) is 40.9 Å². The zero-order chi connectivity index (χ0) is 17.1. The summed E-state index contributed by atoms with van der Waals surface area (Å²) in [5.74, 6) is 1.01. The Bertz CT molecular complexity index is 1030. The maximum absolute atomic E-state index is 12.1. The molecule has 2 aromatic rings. The number of primary amides is 1. The number of aliphatic imine (C=N–C) groups is 1. The molecular weight excluding hydrogens is 334 g/mol. The van der Waals surface area contributed by atoms with E-state index in [9.17, 15) is 9.59 Å². The van der Waals surface area contributed by atoms with E-state index in [1.807, 2.05) is 30.0 Å². The largest absolute Gasteiger partial charge is 0.369 e. The number of fused-ring (bicyclic) bond motifs is 3. The van der Waals surface area contributed by atoms with Crippen molar-refractivity contribution in [1.82, 2.24) is 0 Å². The molecule has 2 aliphatic heterocycles. The minimum absolute atomic E-state index is 0.00891.